The predicted octanol–water partition coefficient (Wildman–Crippen LogP) is 3.21. The first-order chi connectivity index (χ1) is 15.3. The first-order valence-electron chi connectivity index (χ1n) is 11.2. The Morgan fingerprint density at radius 1 is 1.25 bits per heavy atom. The number of aromatic nitrogens is 4. The van der Waals surface area contributed by atoms with E-state index < -0.39 is 11.4 Å². The van der Waals surface area contributed by atoms with E-state index in [1.165, 1.54) is 6.07 Å². The van der Waals surface area contributed by atoms with E-state index in [9.17, 15) is 9.50 Å². The number of anilines is 1. The topological polar surface area (TPSA) is 96.6 Å². The van der Waals surface area contributed by atoms with E-state index in [0.29, 0.717) is 34.4 Å². The minimum atomic E-state index is -1.24. The van der Waals surface area contributed by atoms with Gasteiger partial charge < -0.3 is 20.5 Å². The van der Waals surface area contributed by atoms with E-state index in [2.05, 4.69) is 20.6 Å². The molecule has 1 saturated heterocycles. The molecule has 0 amide bonds. The number of rotatable bonds is 6. The molecule has 0 spiro atoms. The highest BCUT2D eigenvalue weighted by Gasteiger charge is 2.33. The molecule has 5 rings (SSSR count). The van der Waals surface area contributed by atoms with Crippen molar-refractivity contribution in [1.82, 2.24) is 24.9 Å². The summed E-state index contributed by atoms with van der Waals surface area (Å²) in [7, 11) is 1.62. The summed E-state index contributed by atoms with van der Waals surface area (Å²) < 4.78 is 21.9. The van der Waals surface area contributed by atoms with Gasteiger partial charge in [0.15, 0.2) is 17.3 Å². The molecule has 1 saturated carbocycles. The SMILES string of the molecule is COc1cc2nc(C(C)(C)O)c(-c3ccc(F)c(NC4CCCNC4)n3)n2nc1C1CC1. The number of piperidine rings is 1. The molecule has 1 atom stereocenters. The maximum atomic E-state index is 14.6. The van der Waals surface area contributed by atoms with E-state index in [1.807, 2.05) is 6.07 Å². The highest BCUT2D eigenvalue weighted by molar-refractivity contribution is 5.67. The molecule has 0 aromatic carbocycles. The molecule has 2 aliphatic rings. The summed E-state index contributed by atoms with van der Waals surface area (Å²) in [4.78, 5) is 9.27. The normalized spacial score (nSPS) is 19.3. The lowest BCUT2D eigenvalue weighted by Gasteiger charge is -2.24. The van der Waals surface area contributed by atoms with Crippen LogP contribution in [0.2, 0.25) is 0 Å². The zero-order chi connectivity index (χ0) is 22.5. The highest BCUT2D eigenvalue weighted by atomic mass is 19.1. The van der Waals surface area contributed by atoms with Crippen LogP contribution in [0.25, 0.3) is 17.0 Å². The fraction of sp³-hybridized carbons (Fsp3) is 0.522. The average Bonchev–Trinajstić information content (AvgIpc) is 3.54. The van der Waals surface area contributed by atoms with Gasteiger partial charge in [0.25, 0.3) is 0 Å². The number of ether oxygens (including phenoxy) is 1. The largest absolute Gasteiger partial charge is 0.495 e. The maximum absolute atomic E-state index is 14.6. The van der Waals surface area contributed by atoms with Gasteiger partial charge in [-0.15, -0.1) is 0 Å². The smallest absolute Gasteiger partial charge is 0.165 e. The molecule has 3 aromatic heterocycles. The third-order valence-corrected chi connectivity index (χ3v) is 6.09. The van der Waals surface area contributed by atoms with Gasteiger partial charge in [-0.2, -0.15) is 5.10 Å². The van der Waals surface area contributed by atoms with E-state index in [0.717, 1.165) is 44.5 Å². The molecule has 170 valence electrons. The second kappa shape index (κ2) is 7.97. The number of methoxy groups -OCH3 is 1. The molecule has 8 nitrogen and oxygen atoms in total. The number of imidazole rings is 1. The fourth-order valence-electron chi connectivity index (χ4n) is 4.28. The van der Waals surface area contributed by atoms with Crippen LogP contribution in [0, 0.1) is 5.82 Å². The van der Waals surface area contributed by atoms with E-state index in [4.69, 9.17) is 9.84 Å². The van der Waals surface area contributed by atoms with Crippen LogP contribution in [0.1, 0.15) is 56.8 Å². The summed E-state index contributed by atoms with van der Waals surface area (Å²) in [5.41, 5.74) is 1.67. The van der Waals surface area contributed by atoms with Crippen LogP contribution in [0.3, 0.4) is 0 Å². The number of hydrogen-bond acceptors (Lipinski definition) is 7. The van der Waals surface area contributed by atoms with Crippen molar-refractivity contribution >= 4 is 11.5 Å². The van der Waals surface area contributed by atoms with Crippen LogP contribution in [0.4, 0.5) is 10.2 Å². The minimum absolute atomic E-state index is 0.112. The van der Waals surface area contributed by atoms with Crippen LogP contribution in [0.15, 0.2) is 18.2 Å². The summed E-state index contributed by atoms with van der Waals surface area (Å²) in [5, 5.41) is 22.3. The molecule has 1 unspecified atom stereocenters. The number of fused-ring (bicyclic) bond motifs is 1. The average molecular weight is 441 g/mol. The second-order valence-electron chi connectivity index (χ2n) is 9.22. The van der Waals surface area contributed by atoms with Crippen molar-refractivity contribution in [3.05, 3.63) is 35.4 Å². The van der Waals surface area contributed by atoms with Crippen molar-refractivity contribution < 1.29 is 14.2 Å². The van der Waals surface area contributed by atoms with Gasteiger partial charge in [0.1, 0.15) is 28.4 Å². The molecule has 1 aliphatic heterocycles. The van der Waals surface area contributed by atoms with Crippen LogP contribution in [-0.4, -0.2) is 50.9 Å². The maximum Gasteiger partial charge on any atom is 0.165 e. The molecule has 3 N–H and O–H groups in total. The molecule has 32 heavy (non-hydrogen) atoms. The Morgan fingerprint density at radius 3 is 2.72 bits per heavy atom. The number of halogens is 1. The van der Waals surface area contributed by atoms with Crippen molar-refractivity contribution in [1.29, 1.82) is 0 Å². The van der Waals surface area contributed by atoms with Crippen LogP contribution in [-0.2, 0) is 5.60 Å². The standard InChI is InChI=1S/C23H29FN6O2/c1-23(2,31)21-20(30-18(28-21)11-17(32-3)19(29-30)13-6-7-13)16-9-8-15(24)22(27-16)26-14-5-4-10-25-12-14/h8-9,11,13-14,25,31H,4-7,10,12H2,1-3H3,(H,26,27). The monoisotopic (exact) mass is 440 g/mol. The van der Waals surface area contributed by atoms with Crippen LogP contribution in [0.5, 0.6) is 5.75 Å². The van der Waals surface area contributed by atoms with E-state index in [1.54, 1.807) is 31.5 Å². The molecule has 0 bridgehead atoms. The number of nitrogens with zero attached hydrogens (tertiary/aromatic N) is 4. The molecular formula is C23H29FN6O2. The number of nitrogens with one attached hydrogen (secondary N) is 2. The Labute approximate surface area is 186 Å². The molecule has 2 fully saturated rings. The van der Waals surface area contributed by atoms with Crippen molar-refractivity contribution in [2.75, 3.05) is 25.5 Å². The minimum Gasteiger partial charge on any atom is -0.495 e. The lowest BCUT2D eigenvalue weighted by molar-refractivity contribution is 0.0750. The Hall–Kier alpha value is -2.78. The fourth-order valence-corrected chi connectivity index (χ4v) is 4.28. The lowest BCUT2D eigenvalue weighted by Crippen LogP contribution is -2.38. The van der Waals surface area contributed by atoms with Crippen molar-refractivity contribution in [3.63, 3.8) is 0 Å². The van der Waals surface area contributed by atoms with Gasteiger partial charge in [0, 0.05) is 24.6 Å². The zero-order valence-corrected chi connectivity index (χ0v) is 18.7. The van der Waals surface area contributed by atoms with Gasteiger partial charge >= 0.3 is 0 Å². The summed E-state index contributed by atoms with van der Waals surface area (Å²) in [5.74, 6) is 0.834. The number of pyridine rings is 1. The Kier molecular flexibility index (Phi) is 5.25. The molecule has 0 radical (unpaired) electrons. The van der Waals surface area contributed by atoms with Crippen LogP contribution >= 0.6 is 0 Å². The summed E-state index contributed by atoms with van der Waals surface area (Å²) >= 11 is 0. The van der Waals surface area contributed by atoms with E-state index in [-0.39, 0.29) is 11.9 Å². The van der Waals surface area contributed by atoms with Crippen LogP contribution < -0.4 is 15.4 Å². The highest BCUT2D eigenvalue weighted by Crippen LogP contribution is 2.44. The Morgan fingerprint density at radius 2 is 2.06 bits per heavy atom. The first kappa shape index (κ1) is 21.1. The summed E-state index contributed by atoms with van der Waals surface area (Å²) in [6.45, 7) is 5.09. The third-order valence-electron chi connectivity index (χ3n) is 6.09. The molecule has 3 aromatic rings. The Bertz CT molecular complexity index is 1150. The summed E-state index contributed by atoms with van der Waals surface area (Å²) in [6.07, 6.45) is 4.12. The molecule has 4 heterocycles. The van der Waals surface area contributed by atoms with Gasteiger partial charge in [-0.25, -0.2) is 18.9 Å². The Balaban J connectivity index is 1.65. The van der Waals surface area contributed by atoms with Gasteiger partial charge in [-0.1, -0.05) is 0 Å². The third kappa shape index (κ3) is 3.91. The van der Waals surface area contributed by atoms with Crippen molar-refractivity contribution in [2.24, 2.45) is 0 Å². The number of hydrogen-bond donors (Lipinski definition) is 3. The van der Waals surface area contributed by atoms with Gasteiger partial charge in [-0.3, -0.25) is 0 Å². The van der Waals surface area contributed by atoms with Crippen molar-refractivity contribution in [3.8, 4) is 17.1 Å². The summed E-state index contributed by atoms with van der Waals surface area (Å²) in [6, 6.07) is 4.97. The molecule has 9 heteroatoms. The van der Waals surface area contributed by atoms with Crippen molar-refractivity contribution in [2.45, 2.75) is 57.1 Å². The lowest BCUT2D eigenvalue weighted by atomic mass is 10.0. The first-order valence-corrected chi connectivity index (χ1v) is 11.2. The molecular weight excluding hydrogens is 411 g/mol. The van der Waals surface area contributed by atoms with Gasteiger partial charge in [0.2, 0.25) is 0 Å². The second-order valence-corrected chi connectivity index (χ2v) is 9.22. The van der Waals surface area contributed by atoms with Gasteiger partial charge in [-0.05, 0) is 58.2 Å². The zero-order valence-electron chi connectivity index (χ0n) is 18.7. The molecule has 1 aliphatic carbocycles. The predicted molar refractivity (Wildman–Crippen MR) is 119 cm³/mol. The van der Waals surface area contributed by atoms with E-state index >= 15 is 0 Å². The number of aliphatic hydroxyl groups is 1. The quantitative estimate of drug-likeness (QED) is 0.542. The van der Waals surface area contributed by atoms with Gasteiger partial charge in [0.05, 0.1) is 12.8 Å².